The maximum atomic E-state index is 12.4. The zero-order valence-electron chi connectivity index (χ0n) is 12.0. The molecule has 114 valence electrons. The number of carboxylic acids is 1. The number of ether oxygens (including phenoxy) is 1. The Morgan fingerprint density at radius 2 is 2.24 bits per heavy atom. The Morgan fingerprint density at radius 3 is 2.90 bits per heavy atom. The monoisotopic (exact) mass is 292 g/mol. The average molecular weight is 292 g/mol. The Hall–Kier alpha value is -1.92. The van der Waals surface area contributed by atoms with E-state index in [0.717, 1.165) is 6.42 Å². The molecule has 0 spiro atoms. The summed E-state index contributed by atoms with van der Waals surface area (Å²) in [5.74, 6) is -1.15. The van der Waals surface area contributed by atoms with Crippen LogP contribution in [0.3, 0.4) is 0 Å². The third-order valence-electron chi connectivity index (χ3n) is 3.70. The fraction of sp³-hybridized carbons (Fsp3) is 0.467. The Kier molecular flexibility index (Phi) is 4.93. The zero-order valence-corrected chi connectivity index (χ0v) is 12.0. The van der Waals surface area contributed by atoms with Crippen LogP contribution in [-0.4, -0.2) is 43.3 Å². The first-order chi connectivity index (χ1) is 10.1. The minimum Gasteiger partial charge on any atom is -0.478 e. The van der Waals surface area contributed by atoms with Gasteiger partial charge >= 0.3 is 5.97 Å². The first kappa shape index (κ1) is 15.5. The zero-order chi connectivity index (χ0) is 15.4. The summed E-state index contributed by atoms with van der Waals surface area (Å²) in [6, 6.07) is 4.38. The summed E-state index contributed by atoms with van der Waals surface area (Å²) in [5.41, 5.74) is 7.54. The second kappa shape index (κ2) is 6.69. The SMILES string of the molecule is COCCC(N)C(=O)N1CCCc2c(C(=O)O)cccc21. The fourth-order valence-electron chi connectivity index (χ4n) is 2.62. The number of hydrogen-bond acceptors (Lipinski definition) is 4. The second-order valence-corrected chi connectivity index (χ2v) is 5.09. The van der Waals surface area contributed by atoms with Crippen LogP contribution in [0.1, 0.15) is 28.8 Å². The van der Waals surface area contributed by atoms with Crippen molar-refractivity contribution in [1.29, 1.82) is 0 Å². The van der Waals surface area contributed by atoms with Crippen LogP contribution in [-0.2, 0) is 16.0 Å². The highest BCUT2D eigenvalue weighted by Gasteiger charge is 2.28. The molecule has 6 heteroatoms. The highest BCUT2D eigenvalue weighted by molar-refractivity contribution is 6.00. The molecule has 0 aliphatic carbocycles. The Morgan fingerprint density at radius 1 is 1.48 bits per heavy atom. The van der Waals surface area contributed by atoms with Gasteiger partial charge < -0.3 is 20.5 Å². The molecule has 0 fully saturated rings. The van der Waals surface area contributed by atoms with Gasteiger partial charge in [0.2, 0.25) is 5.91 Å². The van der Waals surface area contributed by atoms with Gasteiger partial charge in [-0.3, -0.25) is 4.79 Å². The van der Waals surface area contributed by atoms with Crippen molar-refractivity contribution in [3.63, 3.8) is 0 Å². The highest BCUT2D eigenvalue weighted by Crippen LogP contribution is 2.30. The minimum atomic E-state index is -0.968. The first-order valence-corrected chi connectivity index (χ1v) is 6.97. The van der Waals surface area contributed by atoms with Crippen molar-refractivity contribution >= 4 is 17.6 Å². The summed E-state index contributed by atoms with van der Waals surface area (Å²) in [4.78, 5) is 25.3. The Labute approximate surface area is 123 Å². The van der Waals surface area contributed by atoms with Crippen LogP contribution >= 0.6 is 0 Å². The van der Waals surface area contributed by atoms with Crippen LogP contribution in [0.25, 0.3) is 0 Å². The molecule has 0 saturated heterocycles. The number of amides is 1. The van der Waals surface area contributed by atoms with E-state index < -0.39 is 12.0 Å². The standard InChI is InChI=1S/C15H20N2O4/c1-21-9-7-12(16)14(18)17-8-3-5-10-11(15(19)20)4-2-6-13(10)17/h2,4,6,12H,3,5,7-9,16H2,1H3,(H,19,20). The lowest BCUT2D eigenvalue weighted by atomic mass is 9.95. The molecule has 1 aromatic carbocycles. The van der Waals surface area contributed by atoms with E-state index in [4.69, 9.17) is 10.5 Å². The largest absolute Gasteiger partial charge is 0.478 e. The van der Waals surface area contributed by atoms with Crippen molar-refractivity contribution in [1.82, 2.24) is 0 Å². The maximum absolute atomic E-state index is 12.4. The molecule has 0 bridgehead atoms. The summed E-state index contributed by atoms with van der Waals surface area (Å²) in [6.07, 6.45) is 1.84. The number of aromatic carboxylic acids is 1. The smallest absolute Gasteiger partial charge is 0.336 e. The van der Waals surface area contributed by atoms with Gasteiger partial charge in [-0.2, -0.15) is 0 Å². The van der Waals surface area contributed by atoms with E-state index in [-0.39, 0.29) is 11.5 Å². The minimum absolute atomic E-state index is 0.185. The van der Waals surface area contributed by atoms with Crippen LogP contribution in [0, 0.1) is 0 Å². The summed E-state index contributed by atoms with van der Waals surface area (Å²) in [5, 5.41) is 9.25. The van der Waals surface area contributed by atoms with Gasteiger partial charge in [-0.1, -0.05) is 6.07 Å². The van der Waals surface area contributed by atoms with Crippen LogP contribution in [0.15, 0.2) is 18.2 Å². The molecule has 21 heavy (non-hydrogen) atoms. The van der Waals surface area contributed by atoms with E-state index >= 15 is 0 Å². The molecular weight excluding hydrogens is 272 g/mol. The molecule has 0 aromatic heterocycles. The molecule has 1 aliphatic rings. The van der Waals surface area contributed by atoms with Crippen LogP contribution < -0.4 is 10.6 Å². The van der Waals surface area contributed by atoms with Crippen molar-refractivity contribution < 1.29 is 19.4 Å². The third kappa shape index (κ3) is 3.22. The number of benzene rings is 1. The van der Waals surface area contributed by atoms with E-state index in [9.17, 15) is 14.7 Å². The van der Waals surface area contributed by atoms with Gasteiger partial charge in [-0.15, -0.1) is 0 Å². The molecule has 1 aliphatic heterocycles. The van der Waals surface area contributed by atoms with E-state index in [1.807, 2.05) is 0 Å². The van der Waals surface area contributed by atoms with Gasteiger partial charge in [-0.05, 0) is 37.0 Å². The quantitative estimate of drug-likeness (QED) is 0.845. The number of nitrogens with zero attached hydrogens (tertiary/aromatic N) is 1. The summed E-state index contributed by atoms with van der Waals surface area (Å²) >= 11 is 0. The van der Waals surface area contributed by atoms with Crippen molar-refractivity contribution in [2.75, 3.05) is 25.2 Å². The second-order valence-electron chi connectivity index (χ2n) is 5.09. The van der Waals surface area contributed by atoms with Crippen molar-refractivity contribution in [3.8, 4) is 0 Å². The summed E-state index contributed by atoms with van der Waals surface area (Å²) in [6.45, 7) is 0.984. The van der Waals surface area contributed by atoms with Gasteiger partial charge in [0.15, 0.2) is 0 Å². The topological polar surface area (TPSA) is 92.9 Å². The van der Waals surface area contributed by atoms with Gasteiger partial charge in [0.25, 0.3) is 0 Å². The van der Waals surface area contributed by atoms with Crippen LogP contribution in [0.5, 0.6) is 0 Å². The first-order valence-electron chi connectivity index (χ1n) is 6.97. The van der Waals surface area contributed by atoms with Crippen molar-refractivity contribution in [3.05, 3.63) is 29.3 Å². The number of rotatable bonds is 5. The van der Waals surface area contributed by atoms with E-state index in [0.29, 0.717) is 37.2 Å². The summed E-state index contributed by atoms with van der Waals surface area (Å²) < 4.78 is 4.94. The molecule has 1 atom stereocenters. The molecule has 1 unspecified atom stereocenters. The van der Waals surface area contributed by atoms with Crippen molar-refractivity contribution in [2.45, 2.75) is 25.3 Å². The lowest BCUT2D eigenvalue weighted by Gasteiger charge is -2.32. The fourth-order valence-corrected chi connectivity index (χ4v) is 2.62. The molecule has 1 aromatic rings. The van der Waals surface area contributed by atoms with Crippen LogP contribution in [0.2, 0.25) is 0 Å². The predicted molar refractivity (Wildman–Crippen MR) is 78.5 cm³/mol. The number of carbonyl (C=O) groups excluding carboxylic acids is 1. The lowest BCUT2D eigenvalue weighted by molar-refractivity contribution is -0.120. The van der Waals surface area contributed by atoms with Crippen LogP contribution in [0.4, 0.5) is 5.69 Å². The molecule has 0 saturated carbocycles. The van der Waals surface area contributed by atoms with Gasteiger partial charge in [0.05, 0.1) is 11.6 Å². The van der Waals surface area contributed by atoms with E-state index in [1.54, 1.807) is 30.2 Å². The predicted octanol–water partition coefficient (Wildman–Crippen LogP) is 1.03. The maximum Gasteiger partial charge on any atom is 0.336 e. The number of methoxy groups -OCH3 is 1. The lowest BCUT2D eigenvalue weighted by Crippen LogP contribution is -2.46. The van der Waals surface area contributed by atoms with Crippen molar-refractivity contribution in [2.24, 2.45) is 5.73 Å². The molecule has 2 rings (SSSR count). The molecule has 1 amide bonds. The normalized spacial score (nSPS) is 15.4. The number of carbonyl (C=O) groups is 2. The molecule has 6 nitrogen and oxygen atoms in total. The molecular formula is C15H20N2O4. The summed E-state index contributed by atoms with van der Waals surface area (Å²) in [7, 11) is 1.56. The number of carboxylic acid groups (broad SMARTS) is 1. The molecule has 3 N–H and O–H groups in total. The van der Waals surface area contributed by atoms with E-state index in [1.165, 1.54) is 0 Å². The average Bonchev–Trinajstić information content (AvgIpc) is 2.50. The highest BCUT2D eigenvalue weighted by atomic mass is 16.5. The van der Waals surface area contributed by atoms with Gasteiger partial charge in [0.1, 0.15) is 0 Å². The van der Waals surface area contributed by atoms with Gasteiger partial charge in [-0.25, -0.2) is 4.79 Å². The number of anilines is 1. The third-order valence-corrected chi connectivity index (χ3v) is 3.70. The Balaban J connectivity index is 2.28. The molecule has 1 heterocycles. The number of fused-ring (bicyclic) bond motifs is 1. The molecule has 0 radical (unpaired) electrons. The van der Waals surface area contributed by atoms with E-state index in [2.05, 4.69) is 0 Å². The number of hydrogen-bond donors (Lipinski definition) is 2. The number of nitrogens with two attached hydrogens (primary N) is 1. The Bertz CT molecular complexity index is 544. The van der Waals surface area contributed by atoms with Gasteiger partial charge in [0, 0.05) is 25.9 Å².